The molecule has 1 aromatic carbocycles. The lowest BCUT2D eigenvalue weighted by molar-refractivity contribution is 0.707. The Bertz CT molecular complexity index is 604. The first-order chi connectivity index (χ1) is 10.2. The van der Waals surface area contributed by atoms with Crippen molar-refractivity contribution < 1.29 is 0 Å². The highest BCUT2D eigenvalue weighted by Gasteiger charge is 2.13. The molecule has 1 aromatic heterocycles. The molecule has 0 aliphatic carbocycles. The average Bonchev–Trinajstić information content (AvgIpc) is 2.49. The zero-order valence-electron chi connectivity index (χ0n) is 13.3. The van der Waals surface area contributed by atoms with E-state index in [1.807, 2.05) is 12.1 Å². The SMILES string of the molecule is C=CCN(c1cc(CNCC)c2ccccc2n1)C(C)C. The highest BCUT2D eigenvalue weighted by molar-refractivity contribution is 5.84. The van der Waals surface area contributed by atoms with Crippen molar-refractivity contribution in [3.05, 3.63) is 48.6 Å². The van der Waals surface area contributed by atoms with E-state index in [1.54, 1.807) is 0 Å². The van der Waals surface area contributed by atoms with Gasteiger partial charge in [0.15, 0.2) is 0 Å². The molecule has 112 valence electrons. The third-order valence-corrected chi connectivity index (χ3v) is 3.60. The van der Waals surface area contributed by atoms with E-state index in [1.165, 1.54) is 10.9 Å². The number of benzene rings is 1. The van der Waals surface area contributed by atoms with Crippen molar-refractivity contribution in [3.8, 4) is 0 Å². The number of pyridine rings is 1. The summed E-state index contributed by atoms with van der Waals surface area (Å²) in [5, 5.41) is 4.64. The Hall–Kier alpha value is -1.87. The van der Waals surface area contributed by atoms with E-state index < -0.39 is 0 Å². The lowest BCUT2D eigenvalue weighted by Gasteiger charge is -2.27. The topological polar surface area (TPSA) is 28.2 Å². The maximum atomic E-state index is 4.83. The van der Waals surface area contributed by atoms with Crippen molar-refractivity contribution >= 4 is 16.7 Å². The van der Waals surface area contributed by atoms with Gasteiger partial charge in [-0.25, -0.2) is 4.98 Å². The number of nitrogens with one attached hydrogen (secondary N) is 1. The number of hydrogen-bond donors (Lipinski definition) is 1. The fourth-order valence-corrected chi connectivity index (χ4v) is 2.49. The van der Waals surface area contributed by atoms with Crippen LogP contribution in [0.15, 0.2) is 43.0 Å². The van der Waals surface area contributed by atoms with Crippen molar-refractivity contribution in [1.29, 1.82) is 0 Å². The lowest BCUT2D eigenvalue weighted by atomic mass is 10.1. The monoisotopic (exact) mass is 283 g/mol. The quantitative estimate of drug-likeness (QED) is 0.785. The number of para-hydroxylation sites is 1. The highest BCUT2D eigenvalue weighted by Crippen LogP contribution is 2.24. The van der Waals surface area contributed by atoms with Crippen LogP contribution in [0.5, 0.6) is 0 Å². The molecule has 2 aromatic rings. The van der Waals surface area contributed by atoms with Crippen molar-refractivity contribution in [2.75, 3.05) is 18.0 Å². The number of anilines is 1. The summed E-state index contributed by atoms with van der Waals surface area (Å²) in [4.78, 5) is 7.11. The van der Waals surface area contributed by atoms with E-state index in [0.29, 0.717) is 6.04 Å². The minimum atomic E-state index is 0.392. The van der Waals surface area contributed by atoms with Crippen LogP contribution in [0.25, 0.3) is 10.9 Å². The zero-order valence-corrected chi connectivity index (χ0v) is 13.3. The van der Waals surface area contributed by atoms with Crippen LogP contribution in [0.3, 0.4) is 0 Å². The molecule has 0 aliphatic heterocycles. The number of fused-ring (bicyclic) bond motifs is 1. The molecule has 1 heterocycles. The Labute approximate surface area is 127 Å². The standard InChI is InChI=1S/C18H25N3/c1-5-11-21(14(3)4)18-12-15(13-19-6-2)16-9-7-8-10-17(16)20-18/h5,7-10,12,14,19H,1,6,11,13H2,2-4H3. The highest BCUT2D eigenvalue weighted by atomic mass is 15.2. The van der Waals surface area contributed by atoms with Crippen LogP contribution < -0.4 is 10.2 Å². The Kier molecular flexibility index (Phi) is 5.34. The molecule has 0 saturated carbocycles. The van der Waals surface area contributed by atoms with Gasteiger partial charge >= 0.3 is 0 Å². The van der Waals surface area contributed by atoms with Gasteiger partial charge in [0.05, 0.1) is 5.52 Å². The largest absolute Gasteiger partial charge is 0.350 e. The fourth-order valence-electron chi connectivity index (χ4n) is 2.49. The van der Waals surface area contributed by atoms with Gasteiger partial charge in [-0.15, -0.1) is 6.58 Å². The summed E-state index contributed by atoms with van der Waals surface area (Å²) in [7, 11) is 0. The van der Waals surface area contributed by atoms with Gasteiger partial charge in [0.2, 0.25) is 0 Å². The van der Waals surface area contributed by atoms with Crippen molar-refractivity contribution in [2.24, 2.45) is 0 Å². The molecule has 0 amide bonds. The van der Waals surface area contributed by atoms with E-state index in [9.17, 15) is 0 Å². The van der Waals surface area contributed by atoms with Gasteiger partial charge in [-0.2, -0.15) is 0 Å². The summed E-state index contributed by atoms with van der Waals surface area (Å²) in [5.74, 6) is 1.02. The molecular weight excluding hydrogens is 258 g/mol. The fraction of sp³-hybridized carbons (Fsp3) is 0.389. The molecule has 0 bridgehead atoms. The molecule has 0 saturated heterocycles. The van der Waals surface area contributed by atoms with Crippen LogP contribution in [0, 0.1) is 0 Å². The second-order valence-corrected chi connectivity index (χ2v) is 5.47. The van der Waals surface area contributed by atoms with Crippen LogP contribution in [-0.2, 0) is 6.54 Å². The second-order valence-electron chi connectivity index (χ2n) is 5.47. The number of hydrogen-bond acceptors (Lipinski definition) is 3. The summed E-state index contributed by atoms with van der Waals surface area (Å²) in [6, 6.07) is 10.9. The summed E-state index contributed by atoms with van der Waals surface area (Å²) < 4.78 is 0. The van der Waals surface area contributed by atoms with Crippen LogP contribution in [-0.4, -0.2) is 24.1 Å². The molecule has 0 unspecified atom stereocenters. The molecule has 3 nitrogen and oxygen atoms in total. The van der Waals surface area contributed by atoms with E-state index in [-0.39, 0.29) is 0 Å². The third-order valence-electron chi connectivity index (χ3n) is 3.60. The van der Waals surface area contributed by atoms with E-state index in [0.717, 1.165) is 31.0 Å². The number of nitrogens with zero attached hydrogens (tertiary/aromatic N) is 2. The van der Waals surface area contributed by atoms with Crippen molar-refractivity contribution in [3.63, 3.8) is 0 Å². The van der Waals surface area contributed by atoms with Gasteiger partial charge in [0.25, 0.3) is 0 Å². The molecular formula is C18H25N3. The summed E-state index contributed by atoms with van der Waals surface area (Å²) >= 11 is 0. The Morgan fingerprint density at radius 1 is 1.33 bits per heavy atom. The minimum Gasteiger partial charge on any atom is -0.350 e. The summed E-state index contributed by atoms with van der Waals surface area (Å²) in [6.07, 6.45) is 1.93. The summed E-state index contributed by atoms with van der Waals surface area (Å²) in [6.45, 7) is 13.0. The molecule has 0 aliphatic rings. The van der Waals surface area contributed by atoms with E-state index in [2.05, 4.69) is 61.8 Å². The smallest absolute Gasteiger partial charge is 0.130 e. The molecule has 21 heavy (non-hydrogen) atoms. The number of aromatic nitrogens is 1. The molecule has 0 fully saturated rings. The maximum Gasteiger partial charge on any atom is 0.130 e. The first kappa shape index (κ1) is 15.5. The maximum absolute atomic E-state index is 4.83. The second kappa shape index (κ2) is 7.23. The van der Waals surface area contributed by atoms with Crippen LogP contribution in [0.2, 0.25) is 0 Å². The molecule has 2 rings (SSSR count). The zero-order chi connectivity index (χ0) is 15.2. The van der Waals surface area contributed by atoms with Crippen molar-refractivity contribution in [1.82, 2.24) is 10.3 Å². The van der Waals surface area contributed by atoms with Gasteiger partial charge in [-0.05, 0) is 38.1 Å². The van der Waals surface area contributed by atoms with Crippen LogP contribution >= 0.6 is 0 Å². The van der Waals surface area contributed by atoms with Gasteiger partial charge in [-0.1, -0.05) is 31.2 Å². The molecule has 0 radical (unpaired) electrons. The molecule has 0 atom stereocenters. The minimum absolute atomic E-state index is 0.392. The lowest BCUT2D eigenvalue weighted by Crippen LogP contribution is -2.31. The predicted octanol–water partition coefficient (Wildman–Crippen LogP) is 3.75. The first-order valence-corrected chi connectivity index (χ1v) is 7.64. The van der Waals surface area contributed by atoms with E-state index in [4.69, 9.17) is 4.98 Å². The summed E-state index contributed by atoms with van der Waals surface area (Å²) in [5.41, 5.74) is 2.35. The molecule has 1 N–H and O–H groups in total. The molecule has 3 heteroatoms. The van der Waals surface area contributed by atoms with Gasteiger partial charge in [0.1, 0.15) is 5.82 Å². The Balaban J connectivity index is 2.51. The van der Waals surface area contributed by atoms with E-state index >= 15 is 0 Å². The van der Waals surface area contributed by atoms with Gasteiger partial charge in [0, 0.05) is 24.5 Å². The first-order valence-electron chi connectivity index (χ1n) is 7.64. The third kappa shape index (κ3) is 3.61. The Morgan fingerprint density at radius 2 is 2.10 bits per heavy atom. The van der Waals surface area contributed by atoms with Crippen LogP contribution in [0.4, 0.5) is 5.82 Å². The normalized spacial score (nSPS) is 11.0. The van der Waals surface area contributed by atoms with Crippen molar-refractivity contribution in [2.45, 2.75) is 33.4 Å². The Morgan fingerprint density at radius 3 is 2.76 bits per heavy atom. The van der Waals surface area contributed by atoms with Crippen LogP contribution in [0.1, 0.15) is 26.3 Å². The average molecular weight is 283 g/mol. The predicted molar refractivity (Wildman–Crippen MR) is 91.8 cm³/mol. The van der Waals surface area contributed by atoms with Gasteiger partial charge in [-0.3, -0.25) is 0 Å². The molecule has 0 spiro atoms. The van der Waals surface area contributed by atoms with Gasteiger partial charge < -0.3 is 10.2 Å². The number of rotatable bonds is 7.